The first kappa shape index (κ1) is 13.2. The van der Waals surface area contributed by atoms with Gasteiger partial charge in [0.2, 0.25) is 0 Å². The largest absolute Gasteiger partial charge is 0.422 e. The summed E-state index contributed by atoms with van der Waals surface area (Å²) in [6.45, 7) is 0. The molecule has 4 nitrogen and oxygen atoms in total. The minimum absolute atomic E-state index is 0.0578. The lowest BCUT2D eigenvalue weighted by Gasteiger charge is -2.14. The molecule has 0 fully saturated rings. The second-order valence-corrected chi connectivity index (χ2v) is 4.56. The fourth-order valence-electron chi connectivity index (χ4n) is 1.64. The summed E-state index contributed by atoms with van der Waals surface area (Å²) < 4.78 is 5.16. The third-order valence-electron chi connectivity index (χ3n) is 2.65. The van der Waals surface area contributed by atoms with Crippen molar-refractivity contribution in [1.29, 1.82) is 5.26 Å². The molecule has 1 heterocycles. The second kappa shape index (κ2) is 5.17. The minimum atomic E-state index is -0.577. The van der Waals surface area contributed by atoms with Crippen LogP contribution in [0.5, 0.6) is 0 Å². The van der Waals surface area contributed by atoms with Gasteiger partial charge in [-0.3, -0.25) is 0 Å². The summed E-state index contributed by atoms with van der Waals surface area (Å²) in [7, 11) is 3.59. The van der Waals surface area contributed by atoms with Crippen molar-refractivity contribution in [3.05, 3.63) is 51.3 Å². The highest BCUT2D eigenvalue weighted by atomic mass is 35.5. The molecule has 0 radical (unpaired) electrons. The Labute approximate surface area is 115 Å². The van der Waals surface area contributed by atoms with Crippen LogP contribution < -0.4 is 10.5 Å². The van der Waals surface area contributed by atoms with E-state index in [1.165, 1.54) is 0 Å². The van der Waals surface area contributed by atoms with Gasteiger partial charge in [0.15, 0.2) is 0 Å². The Morgan fingerprint density at radius 1 is 1.26 bits per heavy atom. The quantitative estimate of drug-likeness (QED) is 0.845. The Morgan fingerprint density at radius 2 is 1.89 bits per heavy atom. The number of nitriles is 1. The van der Waals surface area contributed by atoms with Crippen LogP contribution in [0.15, 0.2) is 39.5 Å². The average molecular weight is 275 g/mol. The molecule has 1 aromatic carbocycles. The second-order valence-electron chi connectivity index (χ2n) is 4.18. The van der Waals surface area contributed by atoms with Gasteiger partial charge in [-0.2, -0.15) is 5.26 Å². The van der Waals surface area contributed by atoms with Gasteiger partial charge in [-0.15, -0.1) is 0 Å². The zero-order chi connectivity index (χ0) is 14.0. The lowest BCUT2D eigenvalue weighted by Crippen LogP contribution is -2.13. The van der Waals surface area contributed by atoms with Gasteiger partial charge in [-0.1, -0.05) is 11.6 Å². The highest BCUT2D eigenvalue weighted by molar-refractivity contribution is 6.33. The van der Waals surface area contributed by atoms with Crippen molar-refractivity contribution in [3.8, 4) is 17.4 Å². The van der Waals surface area contributed by atoms with Gasteiger partial charge in [0, 0.05) is 25.7 Å². The predicted octanol–water partition coefficient (Wildman–Crippen LogP) is 2.90. The van der Waals surface area contributed by atoms with Crippen molar-refractivity contribution in [2.45, 2.75) is 0 Å². The number of anilines is 1. The maximum Gasteiger partial charge on any atom is 0.357 e. The summed E-state index contributed by atoms with van der Waals surface area (Å²) in [5, 5.41) is 8.81. The zero-order valence-electron chi connectivity index (χ0n) is 10.5. The molecule has 0 amide bonds. The molecule has 2 aromatic rings. The summed E-state index contributed by atoms with van der Waals surface area (Å²) in [6, 6.07) is 10.5. The van der Waals surface area contributed by atoms with Crippen molar-refractivity contribution < 1.29 is 4.42 Å². The van der Waals surface area contributed by atoms with Gasteiger partial charge in [0.1, 0.15) is 10.8 Å². The van der Waals surface area contributed by atoms with Crippen LogP contribution in [0, 0.1) is 11.3 Å². The van der Waals surface area contributed by atoms with Crippen molar-refractivity contribution in [2.24, 2.45) is 0 Å². The van der Waals surface area contributed by atoms with Gasteiger partial charge < -0.3 is 9.32 Å². The summed E-state index contributed by atoms with van der Waals surface area (Å²) in [6.07, 6.45) is 0. The predicted molar refractivity (Wildman–Crippen MR) is 74.5 cm³/mol. The fraction of sp³-hybridized carbons (Fsp3) is 0.143. The molecule has 2 rings (SSSR count). The third-order valence-corrected chi connectivity index (χ3v) is 3.00. The number of benzene rings is 1. The maximum atomic E-state index is 11.7. The molecule has 0 N–H and O–H groups in total. The minimum Gasteiger partial charge on any atom is -0.422 e. The van der Waals surface area contributed by atoms with E-state index in [4.69, 9.17) is 21.3 Å². The molecule has 0 spiro atoms. The molecule has 19 heavy (non-hydrogen) atoms. The van der Waals surface area contributed by atoms with E-state index in [-0.39, 0.29) is 5.02 Å². The monoisotopic (exact) mass is 274 g/mol. The molecule has 0 saturated carbocycles. The van der Waals surface area contributed by atoms with E-state index < -0.39 is 5.63 Å². The summed E-state index contributed by atoms with van der Waals surface area (Å²) in [5.41, 5.74) is 1.29. The van der Waals surface area contributed by atoms with Crippen LogP contribution in [-0.4, -0.2) is 14.1 Å². The Hall–Kier alpha value is -2.25. The maximum absolute atomic E-state index is 11.7. The number of hydrogen-bond acceptors (Lipinski definition) is 4. The number of hydrogen-bond donors (Lipinski definition) is 0. The Bertz CT molecular complexity index is 697. The lowest BCUT2D eigenvalue weighted by atomic mass is 10.1. The van der Waals surface area contributed by atoms with Gasteiger partial charge >= 0.3 is 5.63 Å². The Morgan fingerprint density at radius 3 is 2.42 bits per heavy atom. The van der Waals surface area contributed by atoms with Crippen LogP contribution in [0.2, 0.25) is 5.02 Å². The molecular formula is C14H11ClN2O2. The third kappa shape index (κ3) is 2.61. The smallest absolute Gasteiger partial charge is 0.357 e. The van der Waals surface area contributed by atoms with Gasteiger partial charge in [-0.05, 0) is 24.3 Å². The normalized spacial score (nSPS) is 10.0. The van der Waals surface area contributed by atoms with Crippen LogP contribution in [0.3, 0.4) is 0 Å². The van der Waals surface area contributed by atoms with Crippen molar-refractivity contribution in [1.82, 2.24) is 0 Å². The molecule has 0 saturated heterocycles. The molecule has 5 heteroatoms. The fourth-order valence-corrected chi connectivity index (χ4v) is 1.91. The van der Waals surface area contributed by atoms with E-state index in [1.807, 2.05) is 6.07 Å². The van der Waals surface area contributed by atoms with Gasteiger partial charge in [0.05, 0.1) is 17.3 Å². The van der Waals surface area contributed by atoms with E-state index in [1.54, 1.807) is 49.3 Å². The molecule has 0 bridgehead atoms. The zero-order valence-corrected chi connectivity index (χ0v) is 11.2. The molecule has 0 aliphatic rings. The van der Waals surface area contributed by atoms with Gasteiger partial charge in [0.25, 0.3) is 0 Å². The molecule has 0 atom stereocenters. The van der Waals surface area contributed by atoms with E-state index in [0.29, 0.717) is 17.0 Å². The first-order chi connectivity index (χ1) is 9.02. The highest BCUT2D eigenvalue weighted by Gasteiger charge is 2.12. The van der Waals surface area contributed by atoms with Crippen LogP contribution in [-0.2, 0) is 0 Å². The molecule has 96 valence electrons. The Kier molecular flexibility index (Phi) is 3.59. The summed E-state index contributed by atoms with van der Waals surface area (Å²) in [5.74, 6) is 0.419. The number of rotatable bonds is 2. The SMILES string of the molecule is CN(C)c1cc(-c2ccc(C#N)cc2)oc(=O)c1Cl. The van der Waals surface area contributed by atoms with Crippen LogP contribution in [0.1, 0.15) is 5.56 Å². The van der Waals surface area contributed by atoms with E-state index in [2.05, 4.69) is 0 Å². The van der Waals surface area contributed by atoms with E-state index in [9.17, 15) is 4.79 Å². The standard InChI is InChI=1S/C14H11ClN2O2/c1-17(2)11-7-12(19-14(18)13(11)15)10-5-3-9(8-16)4-6-10/h3-7H,1-2H3. The van der Waals surface area contributed by atoms with E-state index in [0.717, 1.165) is 5.56 Å². The van der Waals surface area contributed by atoms with E-state index >= 15 is 0 Å². The number of halogens is 1. The number of nitrogens with zero attached hydrogens (tertiary/aromatic N) is 2. The molecule has 0 unspecified atom stereocenters. The topological polar surface area (TPSA) is 57.2 Å². The van der Waals surface area contributed by atoms with Crippen LogP contribution in [0.4, 0.5) is 5.69 Å². The molecule has 1 aromatic heterocycles. The molecule has 0 aliphatic carbocycles. The summed E-state index contributed by atoms with van der Waals surface area (Å²) >= 11 is 5.90. The van der Waals surface area contributed by atoms with Crippen molar-refractivity contribution >= 4 is 17.3 Å². The summed E-state index contributed by atoms with van der Waals surface area (Å²) in [4.78, 5) is 13.4. The lowest BCUT2D eigenvalue weighted by molar-refractivity contribution is 0.526. The molecular weight excluding hydrogens is 264 g/mol. The highest BCUT2D eigenvalue weighted by Crippen LogP contribution is 2.27. The Balaban J connectivity index is 2.56. The van der Waals surface area contributed by atoms with Crippen LogP contribution in [0.25, 0.3) is 11.3 Å². The van der Waals surface area contributed by atoms with Crippen molar-refractivity contribution in [3.63, 3.8) is 0 Å². The van der Waals surface area contributed by atoms with Gasteiger partial charge in [-0.25, -0.2) is 4.79 Å². The molecule has 0 aliphatic heterocycles. The van der Waals surface area contributed by atoms with Crippen LogP contribution >= 0.6 is 11.6 Å². The first-order valence-corrected chi connectivity index (χ1v) is 5.92. The van der Waals surface area contributed by atoms with Crippen molar-refractivity contribution in [2.75, 3.05) is 19.0 Å². The average Bonchev–Trinajstić information content (AvgIpc) is 2.41. The first-order valence-electron chi connectivity index (χ1n) is 5.54.